The minimum atomic E-state index is -1.74. The maximum Gasteiger partial charge on any atom is 0.341 e. The summed E-state index contributed by atoms with van der Waals surface area (Å²) >= 11 is 0. The molecule has 1 aliphatic heterocycles. The minimum absolute atomic E-state index is 0.0522. The van der Waals surface area contributed by atoms with E-state index in [0.717, 1.165) is 7.11 Å². The maximum absolute atomic E-state index is 11.7. The molecule has 5 atom stereocenters. The molecule has 0 radical (unpaired) electrons. The van der Waals surface area contributed by atoms with E-state index < -0.39 is 61.6 Å². The zero-order valence-corrected chi connectivity index (χ0v) is 14.3. The number of methoxy groups -OCH3 is 1. The molecule has 2 rings (SSSR count). The summed E-state index contributed by atoms with van der Waals surface area (Å²) in [7, 11) is 1.10. The summed E-state index contributed by atoms with van der Waals surface area (Å²) in [6.07, 6.45) is -4.74. The molecule has 0 aliphatic carbocycles. The monoisotopic (exact) mass is 386 g/mol. The second-order valence-electron chi connectivity index (χ2n) is 5.82. The second kappa shape index (κ2) is 8.86. The summed E-state index contributed by atoms with van der Waals surface area (Å²) in [6.45, 7) is -0.495. The Balaban J connectivity index is 1.98. The molecule has 0 saturated carbocycles. The lowest BCUT2D eigenvalue weighted by atomic mass is 10.1. The summed E-state index contributed by atoms with van der Waals surface area (Å²) in [4.78, 5) is 33.7. The summed E-state index contributed by atoms with van der Waals surface area (Å²) in [5.74, 6) is -3.10. The molecule has 2 heterocycles. The largest absolute Gasteiger partial charge is 0.477 e. The molecule has 1 saturated heterocycles. The van der Waals surface area contributed by atoms with E-state index in [-0.39, 0.29) is 5.56 Å². The van der Waals surface area contributed by atoms with Crippen molar-refractivity contribution in [1.29, 1.82) is 0 Å². The Labute approximate surface area is 153 Å². The number of nitrogens with zero attached hydrogens (tertiary/aromatic N) is 1. The number of aromatic carboxylic acids is 1. The lowest BCUT2D eigenvalue weighted by Gasteiger charge is -2.15. The SMILES string of the molecule is COC(=O)C[C@H](O)C(=O)OC[C@H]1O[C@@H]([n+]2cccc(C(=O)O)c2)[C@H](O)[C@@H]1O. The fourth-order valence-corrected chi connectivity index (χ4v) is 2.48. The first kappa shape index (κ1) is 20.7. The topological polar surface area (TPSA) is 164 Å². The highest BCUT2D eigenvalue weighted by molar-refractivity contribution is 5.86. The van der Waals surface area contributed by atoms with E-state index in [4.69, 9.17) is 14.6 Å². The van der Waals surface area contributed by atoms with Gasteiger partial charge in [-0.3, -0.25) is 4.79 Å². The average Bonchev–Trinajstić information content (AvgIpc) is 2.94. The molecule has 11 nitrogen and oxygen atoms in total. The number of aliphatic hydroxyl groups is 3. The van der Waals surface area contributed by atoms with E-state index in [1.807, 2.05) is 0 Å². The van der Waals surface area contributed by atoms with E-state index >= 15 is 0 Å². The number of aliphatic hydroxyl groups excluding tert-OH is 3. The molecule has 1 aliphatic rings. The van der Waals surface area contributed by atoms with Crippen LogP contribution in [0.2, 0.25) is 0 Å². The number of carboxylic acids is 1. The van der Waals surface area contributed by atoms with Crippen LogP contribution in [0.5, 0.6) is 0 Å². The quantitative estimate of drug-likeness (QED) is 0.297. The molecule has 1 aromatic heterocycles. The number of ether oxygens (including phenoxy) is 3. The molecular weight excluding hydrogens is 366 g/mol. The zero-order chi connectivity index (χ0) is 20.1. The molecular formula is C16H20NO10+. The Kier molecular flexibility index (Phi) is 6.80. The van der Waals surface area contributed by atoms with Gasteiger partial charge in [0.05, 0.1) is 13.5 Å². The molecule has 1 fully saturated rings. The zero-order valence-electron chi connectivity index (χ0n) is 14.3. The summed E-state index contributed by atoms with van der Waals surface area (Å²) in [5.41, 5.74) is -0.0522. The summed E-state index contributed by atoms with van der Waals surface area (Å²) < 4.78 is 15.9. The van der Waals surface area contributed by atoms with Gasteiger partial charge in [0, 0.05) is 6.07 Å². The third kappa shape index (κ3) is 4.98. The number of carbonyl (C=O) groups excluding carboxylic acids is 2. The van der Waals surface area contributed by atoms with Crippen molar-refractivity contribution in [2.75, 3.05) is 13.7 Å². The predicted octanol–water partition coefficient (Wildman–Crippen LogP) is -2.24. The van der Waals surface area contributed by atoms with Crippen LogP contribution in [0.25, 0.3) is 0 Å². The molecule has 0 amide bonds. The van der Waals surface area contributed by atoms with Crippen LogP contribution in [0.3, 0.4) is 0 Å². The Morgan fingerprint density at radius 1 is 1.30 bits per heavy atom. The Bertz CT molecular complexity index is 708. The van der Waals surface area contributed by atoms with Crippen molar-refractivity contribution < 1.29 is 53.6 Å². The predicted molar refractivity (Wildman–Crippen MR) is 83.1 cm³/mol. The number of pyridine rings is 1. The van der Waals surface area contributed by atoms with Gasteiger partial charge in [0.2, 0.25) is 0 Å². The number of hydrogen-bond donors (Lipinski definition) is 4. The number of rotatable bonds is 7. The number of esters is 2. The first-order valence-electron chi connectivity index (χ1n) is 7.91. The van der Waals surface area contributed by atoms with Crippen LogP contribution in [0.15, 0.2) is 24.5 Å². The smallest absolute Gasteiger partial charge is 0.341 e. The van der Waals surface area contributed by atoms with Gasteiger partial charge >= 0.3 is 17.9 Å². The molecule has 0 aromatic carbocycles. The molecule has 11 heteroatoms. The van der Waals surface area contributed by atoms with Gasteiger partial charge in [0.25, 0.3) is 6.23 Å². The van der Waals surface area contributed by atoms with E-state index in [2.05, 4.69) is 4.74 Å². The van der Waals surface area contributed by atoms with Crippen molar-refractivity contribution >= 4 is 17.9 Å². The van der Waals surface area contributed by atoms with E-state index in [1.165, 1.54) is 29.1 Å². The Morgan fingerprint density at radius 2 is 2.00 bits per heavy atom. The minimum Gasteiger partial charge on any atom is -0.477 e. The first-order valence-corrected chi connectivity index (χ1v) is 7.91. The lowest BCUT2D eigenvalue weighted by Crippen LogP contribution is -2.46. The number of hydrogen-bond acceptors (Lipinski definition) is 9. The summed E-state index contributed by atoms with van der Waals surface area (Å²) in [6, 6.07) is 2.78. The molecule has 148 valence electrons. The Hall–Kier alpha value is -2.60. The van der Waals surface area contributed by atoms with Gasteiger partial charge in [0.15, 0.2) is 24.6 Å². The standard InChI is InChI=1S/C16H19NO10/c1-25-11(19)5-9(18)16(24)26-7-10-12(20)13(21)14(27-10)17-4-2-3-8(6-17)15(22)23/h2-4,6,9-10,12-14,18,20-21H,5,7H2,1H3/p+1/t9-,10+,12+,13+,14+/m0/s1. The van der Waals surface area contributed by atoms with Gasteiger partial charge in [-0.15, -0.1) is 0 Å². The highest BCUT2D eigenvalue weighted by atomic mass is 16.6. The van der Waals surface area contributed by atoms with Crippen LogP contribution in [0.4, 0.5) is 0 Å². The molecule has 1 aromatic rings. The molecule has 0 unspecified atom stereocenters. The molecule has 4 N–H and O–H groups in total. The molecule has 27 heavy (non-hydrogen) atoms. The van der Waals surface area contributed by atoms with Gasteiger partial charge < -0.3 is 34.6 Å². The normalized spacial score (nSPS) is 25.6. The van der Waals surface area contributed by atoms with Crippen molar-refractivity contribution in [3.8, 4) is 0 Å². The van der Waals surface area contributed by atoms with Crippen molar-refractivity contribution in [2.24, 2.45) is 0 Å². The number of carbonyl (C=O) groups is 3. The van der Waals surface area contributed by atoms with Gasteiger partial charge in [0.1, 0.15) is 24.4 Å². The van der Waals surface area contributed by atoms with Gasteiger partial charge in [-0.05, 0) is 6.07 Å². The highest BCUT2D eigenvalue weighted by Gasteiger charge is 2.49. The van der Waals surface area contributed by atoms with Crippen molar-refractivity contribution in [3.05, 3.63) is 30.1 Å². The first-order chi connectivity index (χ1) is 12.7. The average molecular weight is 386 g/mol. The third-order valence-corrected chi connectivity index (χ3v) is 3.95. The van der Waals surface area contributed by atoms with Crippen molar-refractivity contribution in [1.82, 2.24) is 0 Å². The number of carboxylic acid groups (broad SMARTS) is 1. The van der Waals surface area contributed by atoms with Crippen LogP contribution < -0.4 is 4.57 Å². The fourth-order valence-electron chi connectivity index (χ4n) is 2.48. The van der Waals surface area contributed by atoms with Crippen LogP contribution in [0.1, 0.15) is 23.0 Å². The maximum atomic E-state index is 11.7. The van der Waals surface area contributed by atoms with E-state index in [1.54, 1.807) is 0 Å². The van der Waals surface area contributed by atoms with E-state index in [0.29, 0.717) is 0 Å². The highest BCUT2D eigenvalue weighted by Crippen LogP contribution is 2.26. The molecule has 0 bridgehead atoms. The lowest BCUT2D eigenvalue weighted by molar-refractivity contribution is -0.765. The van der Waals surface area contributed by atoms with Crippen LogP contribution in [0, 0.1) is 0 Å². The third-order valence-electron chi connectivity index (χ3n) is 3.95. The van der Waals surface area contributed by atoms with Crippen LogP contribution >= 0.6 is 0 Å². The Morgan fingerprint density at radius 3 is 2.63 bits per heavy atom. The summed E-state index contributed by atoms with van der Waals surface area (Å²) in [5, 5.41) is 38.8. The van der Waals surface area contributed by atoms with Crippen molar-refractivity contribution in [3.63, 3.8) is 0 Å². The van der Waals surface area contributed by atoms with Gasteiger partial charge in [-0.1, -0.05) is 0 Å². The van der Waals surface area contributed by atoms with Gasteiger partial charge in [-0.25, -0.2) is 9.59 Å². The number of aromatic nitrogens is 1. The van der Waals surface area contributed by atoms with Crippen LogP contribution in [-0.2, 0) is 23.8 Å². The molecule has 0 spiro atoms. The fraction of sp³-hybridized carbons (Fsp3) is 0.500. The van der Waals surface area contributed by atoms with Crippen LogP contribution in [-0.4, -0.2) is 76.5 Å². The second-order valence-corrected chi connectivity index (χ2v) is 5.82. The van der Waals surface area contributed by atoms with E-state index in [9.17, 15) is 29.7 Å². The van der Waals surface area contributed by atoms with Crippen molar-refractivity contribution in [2.45, 2.75) is 37.1 Å². The van der Waals surface area contributed by atoms with Gasteiger partial charge in [-0.2, -0.15) is 4.57 Å².